The fourth-order valence-corrected chi connectivity index (χ4v) is 6.39. The maximum atomic E-state index is 13.8. The molecule has 0 spiro atoms. The van der Waals surface area contributed by atoms with Gasteiger partial charge in [0.15, 0.2) is 0 Å². The Morgan fingerprint density at radius 1 is 1.06 bits per heavy atom. The Morgan fingerprint density at radius 3 is 2.13 bits per heavy atom. The van der Waals surface area contributed by atoms with Crippen molar-refractivity contribution in [2.45, 2.75) is 63.6 Å². The largest absolute Gasteiger partial charge is 0.481 e. The van der Waals surface area contributed by atoms with E-state index in [1.807, 2.05) is 11.8 Å². The molecule has 0 aliphatic carbocycles. The first-order valence-electron chi connectivity index (χ1n) is 16.8. The zero-order chi connectivity index (χ0) is 40.5. The van der Waals surface area contributed by atoms with E-state index in [0.717, 1.165) is 0 Å². The fraction of sp³-hybridized carbons (Fsp3) is 0.417. The minimum atomic E-state index is -5.05. The second-order valence-corrected chi connectivity index (χ2v) is 13.3. The third-order valence-corrected chi connectivity index (χ3v) is 9.45. The Hall–Kier alpha value is -4.90. The molecule has 11 nitrogen and oxygen atoms in total. The van der Waals surface area contributed by atoms with Crippen LogP contribution in [0.1, 0.15) is 49.3 Å². The van der Waals surface area contributed by atoms with E-state index < -0.39 is 48.0 Å². The third-order valence-electron chi connectivity index (χ3n) is 9.15. The van der Waals surface area contributed by atoms with E-state index in [2.05, 4.69) is 29.7 Å². The molecule has 0 bridgehead atoms. The van der Waals surface area contributed by atoms with E-state index in [9.17, 15) is 36.2 Å². The number of hydrazine groups is 1. The maximum Gasteiger partial charge on any atom is 0.416 e. The van der Waals surface area contributed by atoms with Crippen LogP contribution in [-0.2, 0) is 23.7 Å². The van der Waals surface area contributed by atoms with Gasteiger partial charge in [0.05, 0.1) is 34.3 Å². The first kappa shape index (κ1) is 43.5. The minimum absolute atomic E-state index is 0.0183. The number of nitrogens with two attached hydrogens (primary N) is 3. The van der Waals surface area contributed by atoms with Gasteiger partial charge in [0.25, 0.3) is 0 Å². The van der Waals surface area contributed by atoms with Gasteiger partial charge in [0.1, 0.15) is 17.5 Å². The van der Waals surface area contributed by atoms with Crippen LogP contribution in [0.2, 0.25) is 0 Å². The van der Waals surface area contributed by atoms with Crippen LogP contribution >= 0.6 is 11.6 Å². The standard InChI is InChI=1S/C36H46ClF6N9O2/c1-6-25(20-49(5)46)27(16-44)17-47-23(4)51(19-24-12-28(35(38,39)40)14-29(13-24)36(41,42)43)31-15-30(7-2)52(21-31)33(45)32(37)18-48-22(3)50-10-8-26(9-11-50)34(53)54/h6,12-14,16-18,20,26,30-31H,1,3-4,7-11,15,19,21,44-46H2,2,5H3,(H,53,54)/b25-20+,27-16+,33-32-,47-17-,48-18-/t30-,31+/m1/s1. The van der Waals surface area contributed by atoms with Crippen LogP contribution in [0, 0.1) is 5.92 Å². The van der Waals surface area contributed by atoms with Crippen molar-refractivity contribution < 1.29 is 36.2 Å². The number of carboxylic acids is 1. The lowest BCUT2D eigenvalue weighted by Gasteiger charge is -2.32. The number of alkyl halides is 6. The van der Waals surface area contributed by atoms with Crippen LogP contribution in [0.15, 0.2) is 100 Å². The molecule has 0 saturated carbocycles. The zero-order valence-corrected chi connectivity index (χ0v) is 30.8. The summed E-state index contributed by atoms with van der Waals surface area (Å²) in [6, 6.07) is 0.592. The van der Waals surface area contributed by atoms with Gasteiger partial charge in [0, 0.05) is 69.0 Å². The minimum Gasteiger partial charge on any atom is -0.481 e. The molecule has 296 valence electrons. The average Bonchev–Trinajstić information content (AvgIpc) is 3.55. The Bertz CT molecular complexity index is 1680. The highest BCUT2D eigenvalue weighted by Crippen LogP contribution is 2.38. The van der Waals surface area contributed by atoms with Crippen LogP contribution in [0.4, 0.5) is 26.3 Å². The summed E-state index contributed by atoms with van der Waals surface area (Å²) in [5.41, 5.74) is 10.0. The van der Waals surface area contributed by atoms with E-state index in [0.29, 0.717) is 67.9 Å². The first-order valence-corrected chi connectivity index (χ1v) is 17.2. The molecule has 0 radical (unpaired) electrons. The molecular weight excluding hydrogens is 740 g/mol. The molecule has 54 heavy (non-hydrogen) atoms. The number of likely N-dealkylation sites (tertiary alicyclic amines) is 2. The highest BCUT2D eigenvalue weighted by molar-refractivity contribution is 6.39. The van der Waals surface area contributed by atoms with Gasteiger partial charge in [-0.1, -0.05) is 44.3 Å². The molecule has 1 aromatic rings. The highest BCUT2D eigenvalue weighted by Gasteiger charge is 2.39. The number of aliphatic carboxylic acids is 1. The summed E-state index contributed by atoms with van der Waals surface area (Å²) in [4.78, 5) is 25.2. The van der Waals surface area contributed by atoms with Gasteiger partial charge in [-0.3, -0.25) is 4.79 Å². The molecule has 2 aliphatic heterocycles. The molecular formula is C36H46ClF6N9O2. The summed E-state index contributed by atoms with van der Waals surface area (Å²) >= 11 is 6.62. The summed E-state index contributed by atoms with van der Waals surface area (Å²) in [5, 5.41) is 10.6. The van der Waals surface area contributed by atoms with Crippen molar-refractivity contribution >= 4 is 30.0 Å². The molecule has 2 aliphatic rings. The molecule has 0 amide bonds. The van der Waals surface area contributed by atoms with E-state index in [1.165, 1.54) is 40.8 Å². The number of nitrogens with zero attached hydrogens (tertiary/aromatic N) is 6. The number of hydrogen-bond acceptors (Lipinski definition) is 10. The van der Waals surface area contributed by atoms with Crippen LogP contribution in [0.5, 0.6) is 0 Å². The van der Waals surface area contributed by atoms with Crippen molar-refractivity contribution in [2.24, 2.45) is 33.2 Å². The molecule has 1 aromatic carbocycles. The Labute approximate surface area is 315 Å². The smallest absolute Gasteiger partial charge is 0.416 e. The Balaban J connectivity index is 1.99. The van der Waals surface area contributed by atoms with Crippen LogP contribution < -0.4 is 17.3 Å². The number of carbonyl (C=O) groups is 1. The SMILES string of the molecule is C=CC(=C\N(C)N)/C(/C=N\C(=C)N(Cc1cc(C(F)(F)F)cc(C(F)(F)F)c1)[C@H]1C[C@@H](CC)N(/C(N)=C(Cl)/C=N\C(=C)N2CCC(C(=O)O)CC2)C1)=C/N. The molecule has 2 heterocycles. The van der Waals surface area contributed by atoms with Gasteiger partial charge in [-0.25, -0.2) is 15.8 Å². The van der Waals surface area contributed by atoms with Crippen LogP contribution in [0.3, 0.4) is 0 Å². The predicted octanol–water partition coefficient (Wildman–Crippen LogP) is 6.34. The number of rotatable bonds is 15. The van der Waals surface area contributed by atoms with Crippen molar-refractivity contribution in [1.29, 1.82) is 0 Å². The van der Waals surface area contributed by atoms with Crippen molar-refractivity contribution in [1.82, 2.24) is 19.7 Å². The molecule has 0 unspecified atom stereocenters. The third kappa shape index (κ3) is 11.5. The van der Waals surface area contributed by atoms with Gasteiger partial charge < -0.3 is 36.3 Å². The summed E-state index contributed by atoms with van der Waals surface area (Å²) in [7, 11) is 1.57. The quantitative estimate of drug-likeness (QED) is 0.0525. The zero-order valence-electron chi connectivity index (χ0n) is 30.0. The van der Waals surface area contributed by atoms with Gasteiger partial charge >= 0.3 is 18.3 Å². The van der Waals surface area contributed by atoms with E-state index >= 15 is 0 Å². The Kier molecular flexibility index (Phi) is 14.8. The monoisotopic (exact) mass is 785 g/mol. The van der Waals surface area contributed by atoms with Gasteiger partial charge in [-0.05, 0) is 49.4 Å². The molecule has 2 atom stereocenters. The molecule has 18 heteroatoms. The summed E-state index contributed by atoms with van der Waals surface area (Å²) < 4.78 is 82.9. The predicted molar refractivity (Wildman–Crippen MR) is 198 cm³/mol. The van der Waals surface area contributed by atoms with Crippen molar-refractivity contribution in [3.8, 4) is 0 Å². The van der Waals surface area contributed by atoms with Gasteiger partial charge in [-0.15, -0.1) is 0 Å². The number of hydrogen-bond donors (Lipinski definition) is 4. The van der Waals surface area contributed by atoms with Crippen molar-refractivity contribution in [3.05, 3.63) is 107 Å². The molecule has 0 aromatic heterocycles. The van der Waals surface area contributed by atoms with Gasteiger partial charge in [-0.2, -0.15) is 26.3 Å². The number of halogens is 7. The normalized spacial score (nSPS) is 19.7. The van der Waals surface area contributed by atoms with Crippen LogP contribution in [-0.4, -0.2) is 82.0 Å². The second kappa shape index (κ2) is 18.4. The Morgan fingerprint density at radius 2 is 1.65 bits per heavy atom. The second-order valence-electron chi connectivity index (χ2n) is 12.9. The average molecular weight is 786 g/mol. The number of aliphatic imine (C=N–C) groups is 2. The first-order chi connectivity index (χ1) is 25.2. The van der Waals surface area contributed by atoms with Crippen LogP contribution in [0.25, 0.3) is 0 Å². The summed E-state index contributed by atoms with van der Waals surface area (Å²) in [6.45, 7) is 14.2. The topological polar surface area (TPSA) is 153 Å². The maximum absolute atomic E-state index is 13.8. The van der Waals surface area contributed by atoms with Crippen molar-refractivity contribution in [2.75, 3.05) is 26.7 Å². The van der Waals surface area contributed by atoms with Gasteiger partial charge in [0.2, 0.25) is 0 Å². The number of carboxylic acid groups (broad SMARTS) is 1. The summed E-state index contributed by atoms with van der Waals surface area (Å²) in [6.07, 6.45) is -1.43. The lowest BCUT2D eigenvalue weighted by Crippen LogP contribution is -2.37. The fourth-order valence-electron chi connectivity index (χ4n) is 6.24. The number of benzene rings is 1. The van der Waals surface area contributed by atoms with E-state index in [4.69, 9.17) is 28.9 Å². The molecule has 7 N–H and O–H groups in total. The lowest BCUT2D eigenvalue weighted by molar-refractivity contribution is -0.144. The molecule has 2 fully saturated rings. The van der Waals surface area contributed by atoms with E-state index in [-0.39, 0.29) is 40.9 Å². The summed E-state index contributed by atoms with van der Waals surface area (Å²) in [5.74, 6) is 4.98. The highest BCUT2D eigenvalue weighted by atomic mass is 35.5. The number of allylic oxidation sites excluding steroid dienone is 4. The molecule has 2 saturated heterocycles. The lowest BCUT2D eigenvalue weighted by atomic mass is 9.97. The molecule has 3 rings (SSSR count). The van der Waals surface area contributed by atoms with Crippen molar-refractivity contribution in [3.63, 3.8) is 0 Å². The number of piperidine rings is 1. The van der Waals surface area contributed by atoms with E-state index in [1.54, 1.807) is 11.9 Å².